The van der Waals surface area contributed by atoms with E-state index in [9.17, 15) is 9.59 Å². The number of nitrogens with zero attached hydrogens (tertiary/aromatic N) is 1. The molecule has 2 aromatic carbocycles. The molecule has 154 valence electrons. The number of carbonyl (C=O) groups is 2. The molecular formula is C23H23N3O4. The summed E-state index contributed by atoms with van der Waals surface area (Å²) in [6.45, 7) is 0. The Balaban J connectivity index is 1.48. The molecule has 1 aromatic heterocycles. The number of nitrogens with one attached hydrogen (secondary N) is 2. The molecule has 30 heavy (non-hydrogen) atoms. The Hall–Kier alpha value is -3.61. The summed E-state index contributed by atoms with van der Waals surface area (Å²) >= 11 is 0. The highest BCUT2D eigenvalue weighted by atomic mass is 16.5. The number of rotatable bonds is 8. The molecule has 0 bridgehead atoms. The van der Waals surface area contributed by atoms with Crippen molar-refractivity contribution in [3.05, 3.63) is 71.9 Å². The molecule has 7 nitrogen and oxygen atoms in total. The smallest absolute Gasteiger partial charge is 0.274 e. The van der Waals surface area contributed by atoms with Crippen LogP contribution in [-0.4, -0.2) is 36.2 Å². The summed E-state index contributed by atoms with van der Waals surface area (Å²) in [6.07, 6.45) is 2.35. The number of hydrogen-bond donors (Lipinski definition) is 2. The van der Waals surface area contributed by atoms with Gasteiger partial charge in [-0.25, -0.2) is 0 Å². The number of methoxy groups -OCH3 is 1. The van der Waals surface area contributed by atoms with Crippen LogP contribution in [0, 0.1) is 0 Å². The molecule has 0 radical (unpaired) electrons. The van der Waals surface area contributed by atoms with Crippen molar-refractivity contribution in [2.24, 2.45) is 0 Å². The second kappa shape index (κ2) is 8.82. The van der Waals surface area contributed by atoms with Crippen LogP contribution in [0.15, 0.2) is 65.2 Å². The molecule has 0 aliphatic heterocycles. The molecule has 1 saturated carbocycles. The second-order valence-corrected chi connectivity index (χ2v) is 7.31. The lowest BCUT2D eigenvalue weighted by molar-refractivity contribution is -0.123. The van der Waals surface area contributed by atoms with Gasteiger partial charge in [0.25, 0.3) is 5.91 Å². The highest BCUT2D eigenvalue weighted by Gasteiger charge is 2.29. The SMILES string of the molecule is COc1cccc(-c2cc(C(=O)N[C@H](Cc3ccccc3)C(=O)NC3CC3)no2)c1. The molecule has 3 aromatic rings. The zero-order chi connectivity index (χ0) is 20.9. The van der Waals surface area contributed by atoms with E-state index in [0.717, 1.165) is 24.0 Å². The fourth-order valence-corrected chi connectivity index (χ4v) is 3.12. The van der Waals surface area contributed by atoms with E-state index in [1.807, 2.05) is 48.5 Å². The van der Waals surface area contributed by atoms with E-state index in [2.05, 4.69) is 15.8 Å². The minimum atomic E-state index is -0.697. The largest absolute Gasteiger partial charge is 0.497 e. The average molecular weight is 405 g/mol. The van der Waals surface area contributed by atoms with Crippen molar-refractivity contribution in [2.45, 2.75) is 31.3 Å². The Kier molecular flexibility index (Phi) is 5.79. The number of ether oxygens (including phenoxy) is 1. The van der Waals surface area contributed by atoms with Gasteiger partial charge in [-0.1, -0.05) is 47.6 Å². The first-order chi connectivity index (χ1) is 14.6. The maximum Gasteiger partial charge on any atom is 0.274 e. The van der Waals surface area contributed by atoms with E-state index in [0.29, 0.717) is 17.9 Å². The van der Waals surface area contributed by atoms with Crippen LogP contribution < -0.4 is 15.4 Å². The number of hydrogen-bond acceptors (Lipinski definition) is 5. The van der Waals surface area contributed by atoms with Crippen molar-refractivity contribution < 1.29 is 18.8 Å². The Bertz CT molecular complexity index is 1030. The third-order valence-corrected chi connectivity index (χ3v) is 4.93. The van der Waals surface area contributed by atoms with Gasteiger partial charge in [-0.2, -0.15) is 0 Å². The topological polar surface area (TPSA) is 93.5 Å². The molecule has 7 heteroatoms. The van der Waals surface area contributed by atoms with Gasteiger partial charge in [-0.3, -0.25) is 9.59 Å². The lowest BCUT2D eigenvalue weighted by Gasteiger charge is -2.18. The Labute approximate surface area is 174 Å². The zero-order valence-corrected chi connectivity index (χ0v) is 16.6. The molecule has 0 spiro atoms. The van der Waals surface area contributed by atoms with Crippen molar-refractivity contribution in [3.8, 4) is 17.1 Å². The maximum atomic E-state index is 12.8. The van der Waals surface area contributed by atoms with Crippen molar-refractivity contribution in [3.63, 3.8) is 0 Å². The molecular weight excluding hydrogens is 382 g/mol. The van der Waals surface area contributed by atoms with Crippen LogP contribution >= 0.6 is 0 Å². The monoisotopic (exact) mass is 405 g/mol. The van der Waals surface area contributed by atoms with Crippen molar-refractivity contribution in [1.29, 1.82) is 0 Å². The van der Waals surface area contributed by atoms with E-state index in [-0.39, 0.29) is 17.6 Å². The van der Waals surface area contributed by atoms with Gasteiger partial charge in [-0.05, 0) is 30.5 Å². The quantitative estimate of drug-likeness (QED) is 0.601. The fraction of sp³-hybridized carbons (Fsp3) is 0.261. The minimum absolute atomic E-state index is 0.116. The number of aromatic nitrogens is 1. The predicted molar refractivity (Wildman–Crippen MR) is 111 cm³/mol. The number of carbonyl (C=O) groups excluding carboxylic acids is 2. The Morgan fingerprint density at radius 3 is 2.67 bits per heavy atom. The lowest BCUT2D eigenvalue weighted by atomic mass is 10.0. The Morgan fingerprint density at radius 2 is 1.93 bits per heavy atom. The first-order valence-electron chi connectivity index (χ1n) is 9.88. The molecule has 1 atom stereocenters. The van der Waals surface area contributed by atoms with Crippen molar-refractivity contribution >= 4 is 11.8 Å². The summed E-state index contributed by atoms with van der Waals surface area (Å²) in [5.74, 6) is 0.474. The van der Waals surface area contributed by atoms with Gasteiger partial charge in [0.15, 0.2) is 11.5 Å². The van der Waals surface area contributed by atoms with Crippen LogP contribution in [0.3, 0.4) is 0 Å². The number of amides is 2. The van der Waals surface area contributed by atoms with E-state index >= 15 is 0 Å². The summed E-state index contributed by atoms with van der Waals surface area (Å²) in [5.41, 5.74) is 1.82. The van der Waals surface area contributed by atoms with E-state index in [1.165, 1.54) is 0 Å². The summed E-state index contributed by atoms with van der Waals surface area (Å²) in [7, 11) is 1.58. The van der Waals surface area contributed by atoms with Gasteiger partial charge in [0, 0.05) is 24.1 Å². The molecule has 1 fully saturated rings. The summed E-state index contributed by atoms with van der Waals surface area (Å²) in [5, 5.41) is 9.65. The van der Waals surface area contributed by atoms with Crippen LogP contribution in [0.4, 0.5) is 0 Å². The highest BCUT2D eigenvalue weighted by molar-refractivity contribution is 5.96. The van der Waals surface area contributed by atoms with E-state index < -0.39 is 11.9 Å². The van der Waals surface area contributed by atoms with Gasteiger partial charge in [0.05, 0.1) is 7.11 Å². The van der Waals surface area contributed by atoms with Crippen LogP contribution in [0.2, 0.25) is 0 Å². The van der Waals surface area contributed by atoms with Crippen molar-refractivity contribution in [1.82, 2.24) is 15.8 Å². The Morgan fingerprint density at radius 1 is 1.13 bits per heavy atom. The van der Waals surface area contributed by atoms with Crippen LogP contribution in [0.25, 0.3) is 11.3 Å². The van der Waals surface area contributed by atoms with Gasteiger partial charge < -0.3 is 19.9 Å². The normalized spacial score (nSPS) is 14.0. The third-order valence-electron chi connectivity index (χ3n) is 4.93. The molecule has 0 saturated heterocycles. The summed E-state index contributed by atoms with van der Waals surface area (Å²) < 4.78 is 10.6. The summed E-state index contributed by atoms with van der Waals surface area (Å²) in [6, 6.07) is 17.9. The lowest BCUT2D eigenvalue weighted by Crippen LogP contribution is -2.48. The average Bonchev–Trinajstić information content (AvgIpc) is 3.45. The zero-order valence-electron chi connectivity index (χ0n) is 16.6. The molecule has 1 heterocycles. The predicted octanol–water partition coefficient (Wildman–Crippen LogP) is 2.97. The molecule has 4 rings (SSSR count). The molecule has 0 unspecified atom stereocenters. The van der Waals surface area contributed by atoms with Crippen LogP contribution in [0.5, 0.6) is 5.75 Å². The first kappa shape index (κ1) is 19.7. The van der Waals surface area contributed by atoms with E-state index in [4.69, 9.17) is 9.26 Å². The van der Waals surface area contributed by atoms with Gasteiger partial charge in [-0.15, -0.1) is 0 Å². The maximum absolute atomic E-state index is 12.8. The standard InChI is InChI=1S/C23H23N3O4/c1-29-18-9-5-8-16(13-18)21-14-20(26-30-21)23(28)25-19(22(27)24-17-10-11-17)12-15-6-3-2-4-7-15/h2-9,13-14,17,19H,10-12H2,1H3,(H,24,27)(H,25,28)/t19-/m1/s1. The summed E-state index contributed by atoms with van der Waals surface area (Å²) in [4.78, 5) is 25.5. The molecule has 2 N–H and O–H groups in total. The van der Waals surface area contributed by atoms with Crippen LogP contribution in [0.1, 0.15) is 28.9 Å². The number of benzene rings is 2. The molecule has 1 aliphatic carbocycles. The van der Waals surface area contributed by atoms with E-state index in [1.54, 1.807) is 19.2 Å². The molecule has 1 aliphatic rings. The molecule has 2 amide bonds. The first-order valence-corrected chi connectivity index (χ1v) is 9.88. The highest BCUT2D eigenvalue weighted by Crippen LogP contribution is 2.24. The van der Waals surface area contributed by atoms with Gasteiger partial charge in [0.1, 0.15) is 11.8 Å². The van der Waals surface area contributed by atoms with Crippen LogP contribution in [-0.2, 0) is 11.2 Å². The van der Waals surface area contributed by atoms with Gasteiger partial charge in [0.2, 0.25) is 5.91 Å². The fourth-order valence-electron chi connectivity index (χ4n) is 3.12. The second-order valence-electron chi connectivity index (χ2n) is 7.31. The minimum Gasteiger partial charge on any atom is -0.497 e. The van der Waals surface area contributed by atoms with Crippen molar-refractivity contribution in [2.75, 3.05) is 7.11 Å². The third kappa shape index (κ3) is 4.86. The van der Waals surface area contributed by atoms with Gasteiger partial charge >= 0.3 is 0 Å².